The second kappa shape index (κ2) is 12.1. The summed E-state index contributed by atoms with van der Waals surface area (Å²) in [4.78, 5) is 9.40. The lowest BCUT2D eigenvalue weighted by Crippen LogP contribution is -2.42. The van der Waals surface area contributed by atoms with Crippen molar-refractivity contribution in [1.29, 1.82) is 0 Å². The third kappa shape index (κ3) is 6.92. The van der Waals surface area contributed by atoms with E-state index in [2.05, 4.69) is 71.8 Å². The molecular formula is C22H34IN5O. The Bertz CT molecular complexity index is 741. The summed E-state index contributed by atoms with van der Waals surface area (Å²) < 4.78 is 5.72. The summed E-state index contributed by atoms with van der Waals surface area (Å²) in [6.07, 6.45) is 4.27. The quantitative estimate of drug-likeness (QED) is 0.321. The fourth-order valence-corrected chi connectivity index (χ4v) is 3.58. The van der Waals surface area contributed by atoms with Crippen LogP contribution in [-0.4, -0.2) is 51.1 Å². The number of hydrogen-bond donors (Lipinski definition) is 2. The number of anilines is 1. The number of hydrogen-bond acceptors (Lipinski definition) is 4. The number of furan rings is 1. The molecule has 0 amide bonds. The lowest BCUT2D eigenvalue weighted by Gasteiger charge is -2.26. The summed E-state index contributed by atoms with van der Waals surface area (Å²) in [5.41, 5.74) is 2.39. The highest BCUT2D eigenvalue weighted by molar-refractivity contribution is 14.0. The molecule has 1 aliphatic rings. The normalized spacial score (nSPS) is 15.6. The second-order valence-electron chi connectivity index (χ2n) is 7.41. The first-order chi connectivity index (χ1) is 13.7. The van der Waals surface area contributed by atoms with Crippen molar-refractivity contribution in [2.24, 2.45) is 4.99 Å². The molecule has 0 radical (unpaired) electrons. The van der Waals surface area contributed by atoms with Crippen molar-refractivity contribution in [3.8, 4) is 0 Å². The molecule has 1 aliphatic heterocycles. The van der Waals surface area contributed by atoms with Gasteiger partial charge in [0.2, 0.25) is 0 Å². The Labute approximate surface area is 191 Å². The van der Waals surface area contributed by atoms with E-state index >= 15 is 0 Å². The van der Waals surface area contributed by atoms with Gasteiger partial charge in [-0.15, -0.1) is 24.0 Å². The van der Waals surface area contributed by atoms with E-state index in [1.807, 2.05) is 6.07 Å². The Kier molecular flexibility index (Phi) is 9.80. The summed E-state index contributed by atoms with van der Waals surface area (Å²) in [5.74, 6) is 1.86. The fraction of sp³-hybridized carbons (Fsp3) is 0.500. The molecule has 1 saturated heterocycles. The van der Waals surface area contributed by atoms with Crippen LogP contribution in [0.5, 0.6) is 0 Å². The standard InChI is InChI=1S/C22H33N5O.HI/c1-4-23-22(24-16-18-9-7-10-19(15-18)26(2)3)25-17-20(21-11-8-14-28-21)27-12-5-6-13-27;/h7-11,14-15,20H,4-6,12-13,16-17H2,1-3H3,(H2,23,24,25);1H. The highest BCUT2D eigenvalue weighted by Crippen LogP contribution is 2.24. The Hall–Kier alpha value is -1.74. The zero-order valence-electron chi connectivity index (χ0n) is 17.7. The lowest BCUT2D eigenvalue weighted by molar-refractivity contribution is 0.215. The van der Waals surface area contributed by atoms with Crippen LogP contribution in [-0.2, 0) is 6.54 Å². The molecule has 0 spiro atoms. The van der Waals surface area contributed by atoms with Crippen LogP contribution in [0.15, 0.2) is 52.1 Å². The fourth-order valence-electron chi connectivity index (χ4n) is 3.58. The van der Waals surface area contributed by atoms with E-state index in [-0.39, 0.29) is 30.0 Å². The number of likely N-dealkylation sites (tertiary alicyclic amines) is 1. The molecule has 2 aromatic rings. The average Bonchev–Trinajstić information content (AvgIpc) is 3.41. The van der Waals surface area contributed by atoms with Crippen LogP contribution in [0.3, 0.4) is 0 Å². The molecule has 6 nitrogen and oxygen atoms in total. The van der Waals surface area contributed by atoms with E-state index in [1.54, 1.807) is 6.26 Å². The van der Waals surface area contributed by atoms with Crippen molar-refractivity contribution in [3.05, 3.63) is 54.0 Å². The first-order valence-electron chi connectivity index (χ1n) is 10.2. The Morgan fingerprint density at radius 3 is 2.62 bits per heavy atom. The zero-order valence-corrected chi connectivity index (χ0v) is 20.1. The van der Waals surface area contributed by atoms with Gasteiger partial charge in [0.15, 0.2) is 5.96 Å². The van der Waals surface area contributed by atoms with Crippen molar-refractivity contribution in [1.82, 2.24) is 15.5 Å². The molecule has 7 heteroatoms. The van der Waals surface area contributed by atoms with E-state index in [1.165, 1.54) is 24.1 Å². The molecule has 3 rings (SSSR count). The third-order valence-corrected chi connectivity index (χ3v) is 5.11. The molecule has 1 unspecified atom stereocenters. The number of nitrogens with zero attached hydrogens (tertiary/aromatic N) is 3. The van der Waals surface area contributed by atoms with E-state index in [0.717, 1.165) is 37.9 Å². The van der Waals surface area contributed by atoms with Crippen molar-refractivity contribution in [2.75, 3.05) is 45.2 Å². The predicted octanol–water partition coefficient (Wildman–Crippen LogP) is 3.86. The first kappa shape index (κ1) is 23.5. The van der Waals surface area contributed by atoms with Crippen molar-refractivity contribution in [2.45, 2.75) is 32.4 Å². The lowest BCUT2D eigenvalue weighted by atomic mass is 10.2. The molecule has 1 aromatic heterocycles. The molecule has 160 valence electrons. The van der Waals surface area contributed by atoms with Gasteiger partial charge >= 0.3 is 0 Å². The number of nitrogens with one attached hydrogen (secondary N) is 2. The molecule has 2 N–H and O–H groups in total. The largest absolute Gasteiger partial charge is 0.468 e. The van der Waals surface area contributed by atoms with Crippen LogP contribution >= 0.6 is 24.0 Å². The van der Waals surface area contributed by atoms with Crippen LogP contribution in [0.25, 0.3) is 0 Å². The van der Waals surface area contributed by atoms with Gasteiger partial charge in [-0.2, -0.15) is 0 Å². The number of rotatable bonds is 8. The maximum Gasteiger partial charge on any atom is 0.191 e. The topological polar surface area (TPSA) is 56.0 Å². The van der Waals surface area contributed by atoms with Gasteiger partial charge in [0, 0.05) is 32.9 Å². The highest BCUT2D eigenvalue weighted by atomic mass is 127. The number of aliphatic imine (C=N–C) groups is 1. The summed E-state index contributed by atoms with van der Waals surface area (Å²) in [5, 5.41) is 6.88. The minimum Gasteiger partial charge on any atom is -0.468 e. The SMILES string of the molecule is CCNC(=NCc1cccc(N(C)C)c1)NCC(c1ccco1)N1CCCC1.I. The van der Waals surface area contributed by atoms with Gasteiger partial charge < -0.3 is 20.0 Å². The summed E-state index contributed by atoms with van der Waals surface area (Å²) in [6, 6.07) is 12.8. The van der Waals surface area contributed by atoms with Crippen LogP contribution in [0.1, 0.15) is 37.1 Å². The Balaban J connectivity index is 0.00000300. The third-order valence-electron chi connectivity index (χ3n) is 5.11. The highest BCUT2D eigenvalue weighted by Gasteiger charge is 2.25. The molecular weight excluding hydrogens is 477 g/mol. The zero-order chi connectivity index (χ0) is 19.8. The number of guanidine groups is 1. The molecule has 0 aliphatic carbocycles. The van der Waals surface area contributed by atoms with Gasteiger partial charge in [-0.25, -0.2) is 4.99 Å². The maximum atomic E-state index is 5.72. The first-order valence-corrected chi connectivity index (χ1v) is 10.2. The summed E-state index contributed by atoms with van der Waals surface area (Å²) in [6.45, 7) is 6.59. The van der Waals surface area contributed by atoms with E-state index in [0.29, 0.717) is 6.54 Å². The summed E-state index contributed by atoms with van der Waals surface area (Å²) in [7, 11) is 4.11. The number of halogens is 1. The van der Waals surface area contributed by atoms with Gasteiger partial charge in [-0.05, 0) is 62.7 Å². The Morgan fingerprint density at radius 1 is 1.17 bits per heavy atom. The van der Waals surface area contributed by atoms with Gasteiger partial charge in [0.1, 0.15) is 5.76 Å². The van der Waals surface area contributed by atoms with Crippen molar-refractivity contribution >= 4 is 35.6 Å². The second-order valence-corrected chi connectivity index (χ2v) is 7.41. The molecule has 1 aromatic carbocycles. The van der Waals surface area contributed by atoms with Gasteiger partial charge in [0.05, 0.1) is 18.8 Å². The molecule has 29 heavy (non-hydrogen) atoms. The van der Waals surface area contributed by atoms with Gasteiger partial charge in [-0.3, -0.25) is 4.90 Å². The molecule has 2 heterocycles. The van der Waals surface area contributed by atoms with Crippen molar-refractivity contribution < 1.29 is 4.42 Å². The van der Waals surface area contributed by atoms with Crippen LogP contribution in [0.2, 0.25) is 0 Å². The average molecular weight is 511 g/mol. The molecule has 1 fully saturated rings. The molecule has 1 atom stereocenters. The van der Waals surface area contributed by atoms with Crippen LogP contribution in [0, 0.1) is 0 Å². The van der Waals surface area contributed by atoms with E-state index in [4.69, 9.17) is 9.41 Å². The number of benzene rings is 1. The van der Waals surface area contributed by atoms with Gasteiger partial charge in [0.25, 0.3) is 0 Å². The Morgan fingerprint density at radius 2 is 1.97 bits per heavy atom. The van der Waals surface area contributed by atoms with Crippen molar-refractivity contribution in [3.63, 3.8) is 0 Å². The van der Waals surface area contributed by atoms with E-state index in [9.17, 15) is 0 Å². The molecule has 0 saturated carbocycles. The monoisotopic (exact) mass is 511 g/mol. The summed E-state index contributed by atoms with van der Waals surface area (Å²) >= 11 is 0. The predicted molar refractivity (Wildman–Crippen MR) is 131 cm³/mol. The van der Waals surface area contributed by atoms with Crippen LogP contribution < -0.4 is 15.5 Å². The smallest absolute Gasteiger partial charge is 0.191 e. The minimum atomic E-state index is 0. The maximum absolute atomic E-state index is 5.72. The molecule has 0 bridgehead atoms. The van der Waals surface area contributed by atoms with Gasteiger partial charge in [-0.1, -0.05) is 12.1 Å². The minimum absolute atomic E-state index is 0. The van der Waals surface area contributed by atoms with Crippen LogP contribution in [0.4, 0.5) is 5.69 Å². The van der Waals surface area contributed by atoms with E-state index < -0.39 is 0 Å².